The van der Waals surface area contributed by atoms with Gasteiger partial charge in [0.2, 0.25) is 0 Å². The number of alkyl halides is 2. The molecule has 1 aliphatic carbocycles. The van der Waals surface area contributed by atoms with Crippen LogP contribution < -0.4 is 0 Å². The van der Waals surface area contributed by atoms with Gasteiger partial charge in [0.25, 0.3) is 5.92 Å². The summed E-state index contributed by atoms with van der Waals surface area (Å²) in [6.07, 6.45) is 2.30. The number of ether oxygens (including phenoxy) is 1. The van der Waals surface area contributed by atoms with Gasteiger partial charge in [-0.1, -0.05) is 13.3 Å². The molecule has 0 aromatic heterocycles. The Balaban J connectivity index is 2.11. The zero-order valence-electron chi connectivity index (χ0n) is 7.48. The lowest BCUT2D eigenvalue weighted by molar-refractivity contribution is -0.0190. The standard InChI is InChI=1S/C9H16F2O/c1-2-3-6-12-8-4-5-9(10,11)7-8/h8H,2-7H2,1H3. The highest BCUT2D eigenvalue weighted by atomic mass is 19.3. The van der Waals surface area contributed by atoms with E-state index in [0.29, 0.717) is 13.0 Å². The van der Waals surface area contributed by atoms with Crippen LogP contribution in [0.5, 0.6) is 0 Å². The molecule has 72 valence electrons. The van der Waals surface area contributed by atoms with Gasteiger partial charge >= 0.3 is 0 Å². The fourth-order valence-corrected chi connectivity index (χ4v) is 1.45. The molecule has 0 radical (unpaired) electrons. The van der Waals surface area contributed by atoms with E-state index < -0.39 is 5.92 Å². The van der Waals surface area contributed by atoms with Gasteiger partial charge in [-0.25, -0.2) is 8.78 Å². The Hall–Kier alpha value is -0.180. The molecule has 12 heavy (non-hydrogen) atoms. The number of rotatable bonds is 4. The average molecular weight is 178 g/mol. The molecule has 1 nitrogen and oxygen atoms in total. The van der Waals surface area contributed by atoms with E-state index in [-0.39, 0.29) is 18.9 Å². The van der Waals surface area contributed by atoms with E-state index in [4.69, 9.17) is 4.74 Å². The molecule has 0 aromatic carbocycles. The first kappa shape index (κ1) is 9.90. The minimum Gasteiger partial charge on any atom is -0.378 e. The SMILES string of the molecule is CCCCOC1CCC(F)(F)C1. The predicted octanol–water partition coefficient (Wildman–Crippen LogP) is 2.99. The van der Waals surface area contributed by atoms with Crippen molar-refractivity contribution in [2.75, 3.05) is 6.61 Å². The fraction of sp³-hybridized carbons (Fsp3) is 1.00. The first-order valence-electron chi connectivity index (χ1n) is 4.63. The molecule has 1 saturated carbocycles. The summed E-state index contributed by atoms with van der Waals surface area (Å²) in [6.45, 7) is 2.70. The van der Waals surface area contributed by atoms with Crippen LogP contribution in [0.3, 0.4) is 0 Å². The molecule has 0 N–H and O–H groups in total. The summed E-state index contributed by atoms with van der Waals surface area (Å²) in [5.41, 5.74) is 0. The van der Waals surface area contributed by atoms with Crippen molar-refractivity contribution in [3.63, 3.8) is 0 Å². The minimum atomic E-state index is -2.46. The van der Waals surface area contributed by atoms with Crippen LogP contribution in [-0.4, -0.2) is 18.6 Å². The van der Waals surface area contributed by atoms with Crippen LogP contribution in [0, 0.1) is 0 Å². The van der Waals surface area contributed by atoms with Gasteiger partial charge < -0.3 is 4.74 Å². The van der Waals surface area contributed by atoms with Crippen molar-refractivity contribution < 1.29 is 13.5 Å². The van der Waals surface area contributed by atoms with E-state index in [1.807, 2.05) is 0 Å². The normalized spacial score (nSPS) is 27.8. The maximum absolute atomic E-state index is 12.6. The lowest BCUT2D eigenvalue weighted by Gasteiger charge is -2.11. The third kappa shape index (κ3) is 3.05. The summed E-state index contributed by atoms with van der Waals surface area (Å²) < 4.78 is 30.5. The molecular weight excluding hydrogens is 162 g/mol. The fourth-order valence-electron chi connectivity index (χ4n) is 1.45. The van der Waals surface area contributed by atoms with Crippen LogP contribution in [0.15, 0.2) is 0 Å². The topological polar surface area (TPSA) is 9.23 Å². The van der Waals surface area contributed by atoms with Gasteiger partial charge in [-0.15, -0.1) is 0 Å². The monoisotopic (exact) mass is 178 g/mol. The largest absolute Gasteiger partial charge is 0.378 e. The molecular formula is C9H16F2O. The molecule has 1 rings (SSSR count). The minimum absolute atomic E-state index is 0.00376. The third-order valence-electron chi connectivity index (χ3n) is 2.21. The van der Waals surface area contributed by atoms with Crippen LogP contribution in [0.25, 0.3) is 0 Å². The molecule has 1 aliphatic rings. The Kier molecular flexibility index (Phi) is 3.44. The second kappa shape index (κ2) is 4.17. The number of hydrogen-bond donors (Lipinski definition) is 0. The van der Waals surface area contributed by atoms with E-state index in [2.05, 4.69) is 6.92 Å². The summed E-state index contributed by atoms with van der Waals surface area (Å²) in [6, 6.07) is 0. The van der Waals surface area contributed by atoms with Crippen LogP contribution in [0.4, 0.5) is 8.78 Å². The van der Waals surface area contributed by atoms with Crippen LogP contribution in [0.2, 0.25) is 0 Å². The van der Waals surface area contributed by atoms with E-state index in [1.165, 1.54) is 0 Å². The Morgan fingerprint density at radius 1 is 1.50 bits per heavy atom. The number of halogens is 2. The van der Waals surface area contributed by atoms with E-state index in [1.54, 1.807) is 0 Å². The van der Waals surface area contributed by atoms with Crippen molar-refractivity contribution in [2.24, 2.45) is 0 Å². The van der Waals surface area contributed by atoms with Crippen molar-refractivity contribution in [1.82, 2.24) is 0 Å². The van der Waals surface area contributed by atoms with Crippen LogP contribution in [-0.2, 0) is 4.74 Å². The van der Waals surface area contributed by atoms with Gasteiger partial charge in [0.15, 0.2) is 0 Å². The Labute approximate surface area is 72.1 Å². The highest BCUT2D eigenvalue weighted by Gasteiger charge is 2.39. The molecule has 0 amide bonds. The molecule has 1 atom stereocenters. The average Bonchev–Trinajstić information content (AvgIpc) is 2.31. The quantitative estimate of drug-likeness (QED) is 0.601. The second-order valence-corrected chi connectivity index (χ2v) is 3.45. The van der Waals surface area contributed by atoms with Gasteiger partial charge in [-0.05, 0) is 12.8 Å². The predicted molar refractivity (Wildman–Crippen MR) is 43.4 cm³/mol. The molecule has 3 heteroatoms. The third-order valence-corrected chi connectivity index (χ3v) is 2.21. The molecule has 0 aromatic rings. The highest BCUT2D eigenvalue weighted by Crippen LogP contribution is 2.36. The Bertz CT molecular complexity index is 136. The molecule has 1 fully saturated rings. The highest BCUT2D eigenvalue weighted by molar-refractivity contribution is 4.81. The van der Waals surface area contributed by atoms with Gasteiger partial charge in [0, 0.05) is 19.4 Å². The van der Waals surface area contributed by atoms with Gasteiger partial charge in [-0.3, -0.25) is 0 Å². The summed E-state index contributed by atoms with van der Waals surface area (Å²) in [4.78, 5) is 0. The summed E-state index contributed by atoms with van der Waals surface area (Å²) in [5.74, 6) is -2.46. The maximum atomic E-state index is 12.6. The lowest BCUT2D eigenvalue weighted by Crippen LogP contribution is -2.14. The summed E-state index contributed by atoms with van der Waals surface area (Å²) in [5, 5.41) is 0. The Morgan fingerprint density at radius 2 is 2.25 bits per heavy atom. The first-order chi connectivity index (χ1) is 5.64. The van der Waals surface area contributed by atoms with Crippen molar-refractivity contribution in [3.05, 3.63) is 0 Å². The molecule has 1 unspecified atom stereocenters. The summed E-state index contributed by atoms with van der Waals surface area (Å²) >= 11 is 0. The van der Waals surface area contributed by atoms with E-state index in [9.17, 15) is 8.78 Å². The first-order valence-corrected chi connectivity index (χ1v) is 4.63. The van der Waals surface area contributed by atoms with Crippen molar-refractivity contribution in [1.29, 1.82) is 0 Å². The van der Waals surface area contributed by atoms with E-state index in [0.717, 1.165) is 12.8 Å². The van der Waals surface area contributed by atoms with E-state index >= 15 is 0 Å². The zero-order chi connectivity index (χ0) is 9.03. The van der Waals surface area contributed by atoms with Gasteiger partial charge in [-0.2, -0.15) is 0 Å². The van der Waals surface area contributed by atoms with Crippen LogP contribution >= 0.6 is 0 Å². The number of hydrogen-bond acceptors (Lipinski definition) is 1. The molecule has 0 heterocycles. The van der Waals surface area contributed by atoms with Gasteiger partial charge in [0.1, 0.15) is 0 Å². The number of unbranched alkanes of at least 4 members (excludes halogenated alkanes) is 1. The van der Waals surface area contributed by atoms with Crippen molar-refractivity contribution in [3.8, 4) is 0 Å². The van der Waals surface area contributed by atoms with Crippen molar-refractivity contribution >= 4 is 0 Å². The van der Waals surface area contributed by atoms with Gasteiger partial charge in [0.05, 0.1) is 6.10 Å². The summed E-state index contributed by atoms with van der Waals surface area (Å²) in [7, 11) is 0. The smallest absolute Gasteiger partial charge is 0.250 e. The van der Waals surface area contributed by atoms with Crippen LogP contribution in [0.1, 0.15) is 39.0 Å². The molecule has 0 spiro atoms. The van der Waals surface area contributed by atoms with Crippen molar-refractivity contribution in [2.45, 2.75) is 51.1 Å². The Morgan fingerprint density at radius 3 is 2.75 bits per heavy atom. The zero-order valence-corrected chi connectivity index (χ0v) is 7.48. The second-order valence-electron chi connectivity index (χ2n) is 3.45. The molecule has 0 aliphatic heterocycles. The molecule has 0 saturated heterocycles. The lowest BCUT2D eigenvalue weighted by atomic mass is 10.3. The maximum Gasteiger partial charge on any atom is 0.250 e. The molecule has 0 bridgehead atoms.